The summed E-state index contributed by atoms with van der Waals surface area (Å²) < 4.78 is 17.6. The van der Waals surface area contributed by atoms with Crippen LogP contribution >= 0.6 is 11.8 Å². The average Bonchev–Trinajstić information content (AvgIpc) is 2.85. The van der Waals surface area contributed by atoms with Crippen molar-refractivity contribution >= 4 is 41.0 Å². The van der Waals surface area contributed by atoms with Gasteiger partial charge in [0, 0.05) is 24.1 Å². The molecule has 0 N–H and O–H groups in total. The molecule has 2 heterocycles. The number of carbonyl (C=O) groups is 1. The Hall–Kier alpha value is -1.83. The molecule has 28 heavy (non-hydrogen) atoms. The van der Waals surface area contributed by atoms with Crippen LogP contribution in [0, 0.1) is 0 Å². The Kier molecular flexibility index (Phi) is 5.89. The minimum absolute atomic E-state index is 0.0669. The van der Waals surface area contributed by atoms with Crippen LogP contribution in [-0.2, 0) is 14.1 Å². The van der Waals surface area contributed by atoms with Crippen LogP contribution in [0.2, 0.25) is 0 Å². The van der Waals surface area contributed by atoms with E-state index in [1.54, 1.807) is 14.0 Å². The van der Waals surface area contributed by atoms with E-state index in [-0.39, 0.29) is 5.12 Å². The lowest BCUT2D eigenvalue weighted by molar-refractivity contribution is -0.109. The summed E-state index contributed by atoms with van der Waals surface area (Å²) in [5, 5.41) is 1.08. The third kappa shape index (κ3) is 4.42. The zero-order chi connectivity index (χ0) is 20.5. The lowest BCUT2D eigenvalue weighted by Crippen LogP contribution is -2.41. The Bertz CT molecular complexity index is 910. The van der Waals surface area contributed by atoms with E-state index < -0.39 is 18.3 Å². The fourth-order valence-corrected chi connectivity index (χ4v) is 3.49. The number of rotatable bonds is 5. The van der Waals surface area contributed by atoms with Gasteiger partial charge in [-0.25, -0.2) is 4.98 Å². The highest BCUT2D eigenvalue weighted by atomic mass is 32.2. The number of hydrogen-bond donors (Lipinski definition) is 0. The molecule has 1 saturated heterocycles. The molecule has 0 unspecified atom stereocenters. The van der Waals surface area contributed by atoms with Crippen molar-refractivity contribution in [1.82, 2.24) is 4.98 Å². The van der Waals surface area contributed by atoms with Gasteiger partial charge in [-0.1, -0.05) is 23.9 Å². The summed E-state index contributed by atoms with van der Waals surface area (Å²) in [5.74, 6) is 1.11. The van der Waals surface area contributed by atoms with Crippen LogP contribution in [0.25, 0.3) is 17.0 Å². The molecule has 0 aliphatic carbocycles. The third-order valence-electron chi connectivity index (χ3n) is 5.25. The van der Waals surface area contributed by atoms with Gasteiger partial charge in [0.1, 0.15) is 0 Å². The van der Waals surface area contributed by atoms with Crippen LogP contribution in [0.15, 0.2) is 35.8 Å². The maximum atomic E-state index is 11.5. The number of fused-ring (bicyclic) bond motifs is 1. The van der Waals surface area contributed by atoms with Gasteiger partial charge >= 0.3 is 7.12 Å². The van der Waals surface area contributed by atoms with Crippen LogP contribution in [0.4, 0.5) is 0 Å². The van der Waals surface area contributed by atoms with Crippen LogP contribution in [-0.4, -0.2) is 41.3 Å². The molecule has 1 aliphatic heterocycles. The molecule has 3 rings (SSSR count). The molecule has 0 bridgehead atoms. The van der Waals surface area contributed by atoms with E-state index in [9.17, 15) is 4.79 Å². The van der Waals surface area contributed by atoms with Crippen molar-refractivity contribution in [2.45, 2.75) is 45.8 Å². The van der Waals surface area contributed by atoms with Crippen molar-refractivity contribution < 1.29 is 18.8 Å². The molecule has 0 amide bonds. The minimum Gasteiger partial charge on any atom is -0.481 e. The number of carbonyl (C=O) groups excluding carboxylic acids is 1. The number of methoxy groups -OCH3 is 1. The summed E-state index contributed by atoms with van der Waals surface area (Å²) in [6.07, 6.45) is 2.04. The first-order valence-electron chi connectivity index (χ1n) is 9.25. The smallest absolute Gasteiger partial charge is 0.481 e. The largest absolute Gasteiger partial charge is 0.491 e. The van der Waals surface area contributed by atoms with E-state index in [1.165, 1.54) is 11.8 Å². The topological polar surface area (TPSA) is 57.7 Å². The summed E-state index contributed by atoms with van der Waals surface area (Å²) >= 11 is 1.26. The van der Waals surface area contributed by atoms with E-state index >= 15 is 0 Å². The molecule has 0 atom stereocenters. The summed E-state index contributed by atoms with van der Waals surface area (Å²) in [6.45, 7) is 9.67. The van der Waals surface area contributed by atoms with Gasteiger partial charge in [0.25, 0.3) is 0 Å². The second-order valence-electron chi connectivity index (χ2n) is 7.89. The Morgan fingerprint density at radius 3 is 2.46 bits per heavy atom. The van der Waals surface area contributed by atoms with Crippen LogP contribution in [0.1, 0.15) is 40.2 Å². The van der Waals surface area contributed by atoms with Gasteiger partial charge in [-0.2, -0.15) is 0 Å². The monoisotopic (exact) mass is 399 g/mol. The zero-order valence-electron chi connectivity index (χ0n) is 17.2. The molecule has 0 radical (unpaired) electrons. The summed E-state index contributed by atoms with van der Waals surface area (Å²) in [7, 11) is 1.12. The van der Waals surface area contributed by atoms with Gasteiger partial charge in [-0.05, 0) is 56.9 Å². The fourth-order valence-electron chi connectivity index (χ4n) is 2.90. The molecule has 2 aromatic rings. The van der Waals surface area contributed by atoms with E-state index in [0.29, 0.717) is 11.6 Å². The molecule has 1 aromatic carbocycles. The van der Waals surface area contributed by atoms with E-state index in [4.69, 9.17) is 14.0 Å². The fraction of sp³-hybridized carbons (Fsp3) is 0.429. The number of pyridine rings is 1. The number of aromatic nitrogens is 1. The number of nitrogens with zero attached hydrogens (tertiary/aromatic N) is 1. The van der Waals surface area contributed by atoms with Crippen molar-refractivity contribution in [3.63, 3.8) is 0 Å². The van der Waals surface area contributed by atoms with Crippen molar-refractivity contribution in [3.05, 3.63) is 41.4 Å². The van der Waals surface area contributed by atoms with Gasteiger partial charge in [-0.15, -0.1) is 0 Å². The maximum Gasteiger partial charge on any atom is 0.491 e. The van der Waals surface area contributed by atoms with Crippen LogP contribution in [0.3, 0.4) is 0 Å². The first-order chi connectivity index (χ1) is 13.1. The molecule has 1 fully saturated rings. The molecule has 7 heteroatoms. The van der Waals surface area contributed by atoms with E-state index in [1.807, 2.05) is 58.0 Å². The van der Waals surface area contributed by atoms with Gasteiger partial charge in [0.05, 0.1) is 23.8 Å². The first-order valence-corrected chi connectivity index (χ1v) is 10.2. The Morgan fingerprint density at radius 1 is 1.18 bits per heavy atom. The first kappa shape index (κ1) is 20.9. The van der Waals surface area contributed by atoms with Crippen molar-refractivity contribution in [1.29, 1.82) is 0 Å². The summed E-state index contributed by atoms with van der Waals surface area (Å²) in [4.78, 5) is 16.0. The molecule has 0 saturated carbocycles. The highest BCUT2D eigenvalue weighted by Crippen LogP contribution is 2.39. The Morgan fingerprint density at radius 2 is 1.86 bits per heavy atom. The Balaban J connectivity index is 1.94. The molecule has 5 nitrogen and oxygen atoms in total. The van der Waals surface area contributed by atoms with Gasteiger partial charge < -0.3 is 14.0 Å². The lowest BCUT2D eigenvalue weighted by atomic mass is 9.78. The molecular weight excluding hydrogens is 373 g/mol. The maximum absolute atomic E-state index is 11.5. The van der Waals surface area contributed by atoms with Crippen molar-refractivity contribution in [2.24, 2.45) is 0 Å². The van der Waals surface area contributed by atoms with Gasteiger partial charge in [0.15, 0.2) is 5.12 Å². The van der Waals surface area contributed by atoms with Crippen molar-refractivity contribution in [3.8, 4) is 5.88 Å². The normalized spacial score (nSPS) is 18.5. The van der Waals surface area contributed by atoms with Crippen LogP contribution < -0.4 is 4.74 Å². The van der Waals surface area contributed by atoms with E-state index in [0.717, 1.165) is 21.9 Å². The van der Waals surface area contributed by atoms with Gasteiger partial charge in [-0.3, -0.25) is 4.79 Å². The molecule has 148 valence electrons. The minimum atomic E-state index is -0.485. The SMILES string of the molecule is COc1ccc2cc(C=C(CSC(C)=O)B3OC(C)(C)C(C)(C)O3)ccc2n1. The van der Waals surface area contributed by atoms with Crippen molar-refractivity contribution in [2.75, 3.05) is 12.9 Å². The Labute approximate surface area is 171 Å². The highest BCUT2D eigenvalue weighted by molar-refractivity contribution is 8.13. The number of ether oxygens (including phenoxy) is 1. The highest BCUT2D eigenvalue weighted by Gasteiger charge is 2.52. The number of hydrogen-bond acceptors (Lipinski definition) is 6. The second-order valence-corrected chi connectivity index (χ2v) is 9.05. The average molecular weight is 399 g/mol. The van der Waals surface area contributed by atoms with Crippen LogP contribution in [0.5, 0.6) is 5.88 Å². The summed E-state index contributed by atoms with van der Waals surface area (Å²) in [5.41, 5.74) is 1.95. The lowest BCUT2D eigenvalue weighted by Gasteiger charge is -2.32. The quantitative estimate of drug-likeness (QED) is 0.689. The molecule has 0 spiro atoms. The predicted molar refractivity (Wildman–Crippen MR) is 115 cm³/mol. The third-order valence-corrected chi connectivity index (χ3v) is 6.13. The molecule has 1 aliphatic rings. The molecule has 1 aromatic heterocycles. The molecular formula is C21H26BNO4S. The standard InChI is InChI=1S/C21H26BNO4S/c1-14(24)28-13-17(22-26-20(2,3)21(4,5)27-22)12-15-7-9-18-16(11-15)8-10-19(23-18)25-6/h7-12H,13H2,1-6H3. The van der Waals surface area contributed by atoms with E-state index in [2.05, 4.69) is 11.1 Å². The zero-order valence-corrected chi connectivity index (χ0v) is 18.1. The second kappa shape index (κ2) is 7.89. The number of benzene rings is 1. The predicted octanol–water partition coefficient (Wildman–Crippen LogP) is 4.54. The van der Waals surface area contributed by atoms with Gasteiger partial charge in [0.2, 0.25) is 5.88 Å². The number of thioether (sulfide) groups is 1. The summed E-state index contributed by atoms with van der Waals surface area (Å²) in [6, 6.07) is 9.85.